The lowest BCUT2D eigenvalue weighted by molar-refractivity contribution is 0.181. The van der Waals surface area contributed by atoms with Crippen molar-refractivity contribution in [2.75, 3.05) is 7.11 Å². The average Bonchev–Trinajstić information content (AvgIpc) is 2.87. The number of nitrogens with one attached hydrogen (secondary N) is 1. The fourth-order valence-corrected chi connectivity index (χ4v) is 3.15. The van der Waals surface area contributed by atoms with Gasteiger partial charge in [0.25, 0.3) is 0 Å². The number of benzene rings is 1. The number of aromatic nitrogens is 1. The van der Waals surface area contributed by atoms with Crippen LogP contribution in [0.3, 0.4) is 0 Å². The van der Waals surface area contributed by atoms with Crippen LogP contribution in [-0.4, -0.2) is 18.1 Å². The van der Waals surface area contributed by atoms with Crippen LogP contribution in [0, 0.1) is 0 Å². The van der Waals surface area contributed by atoms with E-state index in [0.29, 0.717) is 12.6 Å². The van der Waals surface area contributed by atoms with Crippen LogP contribution in [0.25, 0.3) is 0 Å². The van der Waals surface area contributed by atoms with E-state index in [0.717, 1.165) is 25.1 Å². The SMILES string of the molecule is COCc1nc(CCc2ccccc2)sc1CNC(C)C. The van der Waals surface area contributed by atoms with Crippen molar-refractivity contribution in [3.8, 4) is 0 Å². The molecule has 0 saturated heterocycles. The summed E-state index contributed by atoms with van der Waals surface area (Å²) in [5.41, 5.74) is 2.45. The summed E-state index contributed by atoms with van der Waals surface area (Å²) in [5.74, 6) is 0. The van der Waals surface area contributed by atoms with Gasteiger partial charge in [-0.05, 0) is 12.0 Å². The molecule has 0 unspecified atom stereocenters. The van der Waals surface area contributed by atoms with E-state index in [9.17, 15) is 0 Å². The molecule has 114 valence electrons. The Kier molecular flexibility index (Phi) is 6.36. The molecule has 0 bridgehead atoms. The molecular weight excluding hydrogens is 280 g/mol. The maximum Gasteiger partial charge on any atom is 0.0936 e. The quantitative estimate of drug-likeness (QED) is 0.809. The summed E-state index contributed by atoms with van der Waals surface area (Å²) in [4.78, 5) is 6.05. The van der Waals surface area contributed by atoms with Gasteiger partial charge in [-0.25, -0.2) is 4.98 Å². The highest BCUT2D eigenvalue weighted by Crippen LogP contribution is 2.21. The van der Waals surface area contributed by atoms with Crippen LogP contribution in [0.5, 0.6) is 0 Å². The number of rotatable bonds is 8. The zero-order chi connectivity index (χ0) is 15.1. The molecule has 0 amide bonds. The number of ether oxygens (including phenoxy) is 1. The average molecular weight is 304 g/mol. The van der Waals surface area contributed by atoms with Gasteiger partial charge in [-0.1, -0.05) is 44.2 Å². The smallest absolute Gasteiger partial charge is 0.0936 e. The molecule has 2 rings (SSSR count). The molecule has 0 saturated carbocycles. The second kappa shape index (κ2) is 8.27. The van der Waals surface area contributed by atoms with Gasteiger partial charge in [0.2, 0.25) is 0 Å². The van der Waals surface area contributed by atoms with Crippen LogP contribution in [0.1, 0.15) is 35.0 Å². The van der Waals surface area contributed by atoms with Gasteiger partial charge in [-0.3, -0.25) is 0 Å². The minimum absolute atomic E-state index is 0.482. The van der Waals surface area contributed by atoms with Crippen molar-refractivity contribution in [1.82, 2.24) is 10.3 Å². The van der Waals surface area contributed by atoms with E-state index in [1.165, 1.54) is 15.4 Å². The molecule has 1 aromatic heterocycles. The molecule has 0 radical (unpaired) electrons. The van der Waals surface area contributed by atoms with Crippen LogP contribution in [0.4, 0.5) is 0 Å². The Hall–Kier alpha value is -1.23. The maximum atomic E-state index is 5.27. The number of hydrogen-bond acceptors (Lipinski definition) is 4. The van der Waals surface area contributed by atoms with E-state index in [1.807, 2.05) is 11.3 Å². The zero-order valence-electron chi connectivity index (χ0n) is 13.1. The zero-order valence-corrected chi connectivity index (χ0v) is 13.9. The molecule has 0 aliphatic heterocycles. The number of methoxy groups -OCH3 is 1. The van der Waals surface area contributed by atoms with Crippen molar-refractivity contribution in [1.29, 1.82) is 0 Å². The second-order valence-corrected chi connectivity index (χ2v) is 6.60. The van der Waals surface area contributed by atoms with Gasteiger partial charge in [0.05, 0.1) is 17.3 Å². The maximum absolute atomic E-state index is 5.27. The van der Waals surface area contributed by atoms with Crippen molar-refractivity contribution in [2.45, 2.75) is 45.9 Å². The predicted molar refractivity (Wildman–Crippen MR) is 88.7 cm³/mol. The summed E-state index contributed by atoms with van der Waals surface area (Å²) in [6.45, 7) is 5.79. The first kappa shape index (κ1) is 16.1. The molecule has 2 aromatic rings. The molecule has 0 aliphatic rings. The van der Waals surface area contributed by atoms with Crippen LogP contribution in [0.2, 0.25) is 0 Å². The summed E-state index contributed by atoms with van der Waals surface area (Å²) >= 11 is 1.81. The van der Waals surface area contributed by atoms with Gasteiger partial charge < -0.3 is 10.1 Å². The largest absolute Gasteiger partial charge is 0.378 e. The van der Waals surface area contributed by atoms with Gasteiger partial charge >= 0.3 is 0 Å². The monoisotopic (exact) mass is 304 g/mol. The van der Waals surface area contributed by atoms with Gasteiger partial charge in [-0.2, -0.15) is 0 Å². The van der Waals surface area contributed by atoms with Crippen molar-refractivity contribution in [3.05, 3.63) is 51.5 Å². The Labute approximate surface area is 131 Å². The lowest BCUT2D eigenvalue weighted by Gasteiger charge is -2.07. The molecule has 1 aromatic carbocycles. The van der Waals surface area contributed by atoms with Crippen molar-refractivity contribution < 1.29 is 4.74 Å². The Morgan fingerprint density at radius 3 is 2.62 bits per heavy atom. The first-order chi connectivity index (χ1) is 10.2. The minimum Gasteiger partial charge on any atom is -0.378 e. The highest BCUT2D eigenvalue weighted by molar-refractivity contribution is 7.11. The van der Waals surface area contributed by atoms with Gasteiger partial charge in [0.1, 0.15) is 0 Å². The lowest BCUT2D eigenvalue weighted by Crippen LogP contribution is -2.21. The van der Waals surface area contributed by atoms with E-state index in [2.05, 4.69) is 49.5 Å². The Morgan fingerprint density at radius 1 is 1.19 bits per heavy atom. The molecule has 3 nitrogen and oxygen atoms in total. The van der Waals surface area contributed by atoms with Crippen LogP contribution < -0.4 is 5.32 Å². The van der Waals surface area contributed by atoms with E-state index >= 15 is 0 Å². The fraction of sp³-hybridized carbons (Fsp3) is 0.471. The number of hydrogen-bond donors (Lipinski definition) is 1. The van der Waals surface area contributed by atoms with Crippen molar-refractivity contribution in [2.24, 2.45) is 0 Å². The highest BCUT2D eigenvalue weighted by atomic mass is 32.1. The summed E-state index contributed by atoms with van der Waals surface area (Å²) in [6, 6.07) is 11.1. The molecule has 4 heteroatoms. The van der Waals surface area contributed by atoms with Gasteiger partial charge in [0.15, 0.2) is 0 Å². The summed E-state index contributed by atoms with van der Waals surface area (Å²) in [5, 5.41) is 4.66. The third kappa shape index (κ3) is 5.23. The highest BCUT2D eigenvalue weighted by Gasteiger charge is 2.11. The van der Waals surface area contributed by atoms with Crippen LogP contribution >= 0.6 is 11.3 Å². The summed E-state index contributed by atoms with van der Waals surface area (Å²) in [6.07, 6.45) is 2.03. The van der Waals surface area contributed by atoms with Crippen molar-refractivity contribution in [3.63, 3.8) is 0 Å². The van der Waals surface area contributed by atoms with E-state index in [-0.39, 0.29) is 0 Å². The second-order valence-electron chi connectivity index (χ2n) is 5.43. The molecule has 21 heavy (non-hydrogen) atoms. The third-order valence-electron chi connectivity index (χ3n) is 3.24. The first-order valence-corrected chi connectivity index (χ1v) is 8.24. The topological polar surface area (TPSA) is 34.1 Å². The van der Waals surface area contributed by atoms with Gasteiger partial charge in [0, 0.05) is 31.0 Å². The first-order valence-electron chi connectivity index (χ1n) is 7.42. The van der Waals surface area contributed by atoms with Crippen LogP contribution in [0.15, 0.2) is 30.3 Å². The minimum atomic E-state index is 0.482. The molecule has 0 atom stereocenters. The molecule has 0 fully saturated rings. The molecule has 1 N–H and O–H groups in total. The molecule has 0 aliphatic carbocycles. The Morgan fingerprint density at radius 2 is 1.95 bits per heavy atom. The molecule has 0 spiro atoms. The third-order valence-corrected chi connectivity index (χ3v) is 4.40. The Balaban J connectivity index is 2.00. The summed E-state index contributed by atoms with van der Waals surface area (Å²) < 4.78 is 5.27. The predicted octanol–water partition coefficient (Wildman–Crippen LogP) is 3.57. The number of aryl methyl sites for hydroxylation is 2. The molecule has 1 heterocycles. The fourth-order valence-electron chi connectivity index (χ4n) is 2.12. The van der Waals surface area contributed by atoms with E-state index in [4.69, 9.17) is 9.72 Å². The number of nitrogens with zero attached hydrogens (tertiary/aromatic N) is 1. The lowest BCUT2D eigenvalue weighted by atomic mass is 10.1. The summed E-state index contributed by atoms with van der Waals surface area (Å²) in [7, 11) is 1.72. The van der Waals surface area contributed by atoms with Crippen molar-refractivity contribution >= 4 is 11.3 Å². The standard InChI is InChI=1S/C17H24N2OS/c1-13(2)18-11-16-15(12-20-3)19-17(21-16)10-9-14-7-5-4-6-8-14/h4-8,13,18H,9-12H2,1-3H3. The number of thiazole rings is 1. The Bertz CT molecular complexity index is 537. The normalized spacial score (nSPS) is 11.2. The van der Waals surface area contributed by atoms with Gasteiger partial charge in [-0.15, -0.1) is 11.3 Å². The van der Waals surface area contributed by atoms with E-state index in [1.54, 1.807) is 7.11 Å². The van der Waals surface area contributed by atoms with E-state index < -0.39 is 0 Å². The molecular formula is C17H24N2OS. The van der Waals surface area contributed by atoms with Crippen LogP contribution in [-0.2, 0) is 30.7 Å².